The number of carbonyl (C=O) groups excluding carboxylic acids is 1. The number of amides is 1. The molecule has 1 saturated heterocycles. The van der Waals surface area contributed by atoms with Crippen molar-refractivity contribution in [2.75, 3.05) is 13.1 Å². The molecule has 6 rings (SSSR count). The highest BCUT2D eigenvalue weighted by Crippen LogP contribution is 2.55. The number of carbonyl (C=O) groups is 1. The van der Waals surface area contributed by atoms with Gasteiger partial charge >= 0.3 is 0 Å². The lowest BCUT2D eigenvalue weighted by Crippen LogP contribution is -2.61. The first-order valence-electron chi connectivity index (χ1n) is 10.7. The standard InChI is InChI=1S/C21H29N3O3S/c25-20(23-21-11-15-8-16(12-21)10-17(9-15)13-21)18-3-6-24(7-4-18)28(26,27)19-2-1-5-22-14-19/h1-2,5,14-18H,3-4,6-13H2,(H,23,25). The smallest absolute Gasteiger partial charge is 0.244 e. The van der Waals surface area contributed by atoms with Crippen LogP contribution in [0, 0.1) is 23.7 Å². The molecule has 1 aliphatic heterocycles. The molecule has 1 aromatic rings. The van der Waals surface area contributed by atoms with Gasteiger partial charge in [0.05, 0.1) is 0 Å². The lowest BCUT2D eigenvalue weighted by atomic mass is 9.53. The number of nitrogens with zero attached hydrogens (tertiary/aromatic N) is 2. The molecule has 4 saturated carbocycles. The van der Waals surface area contributed by atoms with Crippen LogP contribution in [-0.4, -0.2) is 42.2 Å². The Morgan fingerprint density at radius 1 is 1.07 bits per heavy atom. The summed E-state index contributed by atoms with van der Waals surface area (Å²) in [5, 5.41) is 3.46. The molecule has 0 unspecified atom stereocenters. The van der Waals surface area contributed by atoms with E-state index in [0.29, 0.717) is 25.9 Å². The van der Waals surface area contributed by atoms with E-state index in [0.717, 1.165) is 37.0 Å². The van der Waals surface area contributed by atoms with Gasteiger partial charge in [-0.3, -0.25) is 9.78 Å². The van der Waals surface area contributed by atoms with Crippen molar-refractivity contribution < 1.29 is 13.2 Å². The van der Waals surface area contributed by atoms with E-state index in [2.05, 4.69) is 10.3 Å². The minimum atomic E-state index is -3.52. The van der Waals surface area contributed by atoms with Crippen LogP contribution >= 0.6 is 0 Å². The second kappa shape index (κ2) is 6.80. The molecule has 2 heterocycles. The van der Waals surface area contributed by atoms with Gasteiger partial charge in [0.15, 0.2) is 0 Å². The summed E-state index contributed by atoms with van der Waals surface area (Å²) in [4.78, 5) is 17.2. The Morgan fingerprint density at radius 2 is 1.68 bits per heavy atom. The summed E-state index contributed by atoms with van der Waals surface area (Å²) in [5.41, 5.74) is 0.0325. The molecule has 28 heavy (non-hydrogen) atoms. The predicted octanol–water partition coefficient (Wildman–Crippen LogP) is 2.57. The summed E-state index contributed by atoms with van der Waals surface area (Å²) in [6.45, 7) is 0.798. The Kier molecular flexibility index (Phi) is 4.51. The van der Waals surface area contributed by atoms with Gasteiger partial charge in [-0.15, -0.1) is 0 Å². The molecule has 1 amide bonds. The Balaban J connectivity index is 1.21. The second-order valence-corrected chi connectivity index (χ2v) is 11.5. The molecule has 4 aliphatic carbocycles. The Morgan fingerprint density at radius 3 is 2.21 bits per heavy atom. The fraction of sp³-hybridized carbons (Fsp3) is 0.714. The predicted molar refractivity (Wildman–Crippen MR) is 105 cm³/mol. The van der Waals surface area contributed by atoms with E-state index in [1.165, 1.54) is 29.8 Å². The molecule has 7 heteroatoms. The van der Waals surface area contributed by atoms with Crippen molar-refractivity contribution in [3.63, 3.8) is 0 Å². The summed E-state index contributed by atoms with van der Waals surface area (Å²) in [6.07, 6.45) is 11.7. The monoisotopic (exact) mass is 403 g/mol. The van der Waals surface area contributed by atoms with Crippen LogP contribution in [0.1, 0.15) is 51.4 Å². The highest BCUT2D eigenvalue weighted by Gasteiger charge is 2.52. The Bertz CT molecular complexity index is 812. The second-order valence-electron chi connectivity index (χ2n) is 9.55. The number of rotatable bonds is 4. The van der Waals surface area contributed by atoms with Crippen LogP contribution in [0.15, 0.2) is 29.4 Å². The van der Waals surface area contributed by atoms with Gasteiger partial charge in [-0.25, -0.2) is 8.42 Å². The lowest BCUT2D eigenvalue weighted by molar-refractivity contribution is -0.132. The van der Waals surface area contributed by atoms with Crippen LogP contribution in [0.4, 0.5) is 0 Å². The maximum atomic E-state index is 13.0. The van der Waals surface area contributed by atoms with E-state index in [4.69, 9.17) is 0 Å². The maximum absolute atomic E-state index is 13.0. The van der Waals surface area contributed by atoms with E-state index >= 15 is 0 Å². The van der Waals surface area contributed by atoms with Gasteiger partial charge < -0.3 is 5.32 Å². The summed E-state index contributed by atoms with van der Waals surface area (Å²) in [7, 11) is -3.52. The van der Waals surface area contributed by atoms with E-state index < -0.39 is 10.0 Å². The van der Waals surface area contributed by atoms with Crippen molar-refractivity contribution in [3.05, 3.63) is 24.5 Å². The lowest BCUT2D eigenvalue weighted by Gasteiger charge is -2.57. The minimum absolute atomic E-state index is 0.0325. The SMILES string of the molecule is O=C(NC12CC3CC(CC(C3)C1)C2)C1CCN(S(=O)(=O)c2cccnc2)CC1. The van der Waals surface area contributed by atoms with Gasteiger partial charge in [-0.2, -0.15) is 4.31 Å². The number of hydrogen-bond donors (Lipinski definition) is 1. The fourth-order valence-electron chi connectivity index (χ4n) is 6.63. The molecule has 6 nitrogen and oxygen atoms in total. The molecule has 4 bridgehead atoms. The first kappa shape index (κ1) is 18.6. The zero-order valence-corrected chi connectivity index (χ0v) is 17.0. The van der Waals surface area contributed by atoms with Crippen LogP contribution in [0.3, 0.4) is 0 Å². The highest BCUT2D eigenvalue weighted by atomic mass is 32.2. The van der Waals surface area contributed by atoms with Gasteiger partial charge in [-0.1, -0.05) is 0 Å². The van der Waals surface area contributed by atoms with Crippen molar-refractivity contribution in [2.24, 2.45) is 23.7 Å². The van der Waals surface area contributed by atoms with Gasteiger partial charge in [-0.05, 0) is 81.3 Å². The van der Waals surface area contributed by atoms with Crippen molar-refractivity contribution in [1.29, 1.82) is 0 Å². The Labute approximate surface area is 167 Å². The Hall–Kier alpha value is -1.47. The van der Waals surface area contributed by atoms with Crippen LogP contribution in [-0.2, 0) is 14.8 Å². The molecule has 0 radical (unpaired) electrons. The number of aromatic nitrogens is 1. The summed E-state index contributed by atoms with van der Waals surface area (Å²) in [5.74, 6) is 2.49. The summed E-state index contributed by atoms with van der Waals surface area (Å²) < 4.78 is 27.0. The first-order chi connectivity index (χ1) is 13.4. The zero-order chi connectivity index (χ0) is 19.4. The largest absolute Gasteiger partial charge is 0.350 e. The van der Waals surface area contributed by atoms with Crippen molar-refractivity contribution >= 4 is 15.9 Å². The molecular weight excluding hydrogens is 374 g/mol. The number of hydrogen-bond acceptors (Lipinski definition) is 4. The number of nitrogens with one attached hydrogen (secondary N) is 1. The van der Waals surface area contributed by atoms with Crippen molar-refractivity contribution in [1.82, 2.24) is 14.6 Å². The summed E-state index contributed by atoms with van der Waals surface area (Å²) in [6, 6.07) is 3.22. The molecule has 5 fully saturated rings. The van der Waals surface area contributed by atoms with Crippen LogP contribution in [0.25, 0.3) is 0 Å². The fourth-order valence-corrected chi connectivity index (χ4v) is 8.07. The van der Waals surface area contributed by atoms with Crippen LogP contribution < -0.4 is 5.32 Å². The molecule has 5 aliphatic rings. The molecule has 0 spiro atoms. The maximum Gasteiger partial charge on any atom is 0.244 e. The van der Waals surface area contributed by atoms with E-state index in [9.17, 15) is 13.2 Å². The van der Waals surface area contributed by atoms with E-state index in [1.807, 2.05) is 0 Å². The first-order valence-corrected chi connectivity index (χ1v) is 12.1. The number of sulfonamides is 1. The van der Waals surface area contributed by atoms with Crippen molar-refractivity contribution in [2.45, 2.75) is 61.8 Å². The quantitative estimate of drug-likeness (QED) is 0.838. The van der Waals surface area contributed by atoms with Crippen molar-refractivity contribution in [3.8, 4) is 0 Å². The third-order valence-corrected chi connectivity index (χ3v) is 9.41. The van der Waals surface area contributed by atoms with Gasteiger partial charge in [0, 0.05) is 36.9 Å². The van der Waals surface area contributed by atoms with E-state index in [-0.39, 0.29) is 22.3 Å². The average molecular weight is 404 g/mol. The zero-order valence-electron chi connectivity index (χ0n) is 16.2. The van der Waals surface area contributed by atoms with Gasteiger partial charge in [0.2, 0.25) is 15.9 Å². The van der Waals surface area contributed by atoms with Gasteiger partial charge in [0.1, 0.15) is 4.90 Å². The molecule has 0 aromatic carbocycles. The molecular formula is C21H29N3O3S. The number of pyridine rings is 1. The molecule has 0 atom stereocenters. The third kappa shape index (κ3) is 3.26. The topological polar surface area (TPSA) is 79.4 Å². The van der Waals surface area contributed by atoms with E-state index in [1.54, 1.807) is 18.3 Å². The minimum Gasteiger partial charge on any atom is -0.350 e. The third-order valence-electron chi connectivity index (χ3n) is 7.52. The average Bonchev–Trinajstić information content (AvgIpc) is 2.67. The molecule has 152 valence electrons. The molecule has 1 aromatic heterocycles. The molecule has 1 N–H and O–H groups in total. The number of piperidine rings is 1. The summed E-state index contributed by atoms with van der Waals surface area (Å²) >= 11 is 0. The highest BCUT2D eigenvalue weighted by molar-refractivity contribution is 7.89. The van der Waals surface area contributed by atoms with Gasteiger partial charge in [0.25, 0.3) is 0 Å². The normalized spacial score (nSPS) is 35.8. The van der Waals surface area contributed by atoms with Crippen LogP contribution in [0.2, 0.25) is 0 Å². The van der Waals surface area contributed by atoms with Crippen LogP contribution in [0.5, 0.6) is 0 Å².